The predicted molar refractivity (Wildman–Crippen MR) is 146 cm³/mol. The number of methoxy groups -OCH3 is 1. The molecular weight excluding hydrogens is 506 g/mol. The van der Waals surface area contributed by atoms with Gasteiger partial charge in [-0.1, -0.05) is 29.8 Å². The van der Waals surface area contributed by atoms with Gasteiger partial charge in [0.05, 0.1) is 25.3 Å². The molecule has 38 heavy (non-hydrogen) atoms. The number of hydrogen-bond donors (Lipinski definition) is 1. The fourth-order valence-corrected chi connectivity index (χ4v) is 4.95. The zero-order valence-corrected chi connectivity index (χ0v) is 22.1. The number of benzene rings is 3. The van der Waals surface area contributed by atoms with E-state index in [9.17, 15) is 14.7 Å². The highest BCUT2D eigenvalue weighted by Gasteiger charge is 2.46. The Morgan fingerprint density at radius 1 is 1.05 bits per heavy atom. The molecule has 0 saturated heterocycles. The first-order valence-corrected chi connectivity index (χ1v) is 12.5. The Kier molecular flexibility index (Phi) is 6.63. The molecule has 3 aromatic carbocycles. The molecule has 1 N–H and O–H groups in total. The fraction of sp³-hybridized carbons (Fsp3) is 0.200. The molecule has 2 heterocycles. The molecule has 1 aliphatic rings. The summed E-state index contributed by atoms with van der Waals surface area (Å²) < 4.78 is 17.0. The number of Topliss-reactive ketones (excluding diaryl/α,β-unsaturated/α-hetero) is 1. The number of amides is 1. The van der Waals surface area contributed by atoms with Crippen LogP contribution in [0.4, 0.5) is 5.69 Å². The number of aliphatic hydroxyl groups excluding tert-OH is 1. The van der Waals surface area contributed by atoms with Crippen LogP contribution < -0.4 is 14.4 Å². The van der Waals surface area contributed by atoms with Crippen LogP contribution in [-0.4, -0.2) is 30.5 Å². The lowest BCUT2D eigenvalue weighted by atomic mass is 9.94. The van der Waals surface area contributed by atoms with Crippen molar-refractivity contribution in [3.05, 3.63) is 99.5 Å². The number of aliphatic hydroxyl groups is 1. The van der Waals surface area contributed by atoms with E-state index in [1.165, 1.54) is 12.0 Å². The molecule has 0 radical (unpaired) electrons. The van der Waals surface area contributed by atoms with E-state index >= 15 is 0 Å². The summed E-state index contributed by atoms with van der Waals surface area (Å²) in [7, 11) is 1.54. The standard InChI is InChI=1S/C30H26ClNO6/c1-5-37-24-14-18(8-10-23(24)36-4)27-26(28(33)25-15-19-13-20(31)9-11-22(19)38-25)29(34)30(35)32(27)21-12-16(2)6-7-17(21)3/h6-15,27,34H,5H2,1-4H3. The van der Waals surface area contributed by atoms with Gasteiger partial charge in [0.1, 0.15) is 5.58 Å². The van der Waals surface area contributed by atoms with E-state index in [0.717, 1.165) is 11.1 Å². The van der Waals surface area contributed by atoms with Crippen LogP contribution in [0, 0.1) is 13.8 Å². The Bertz CT molecular complexity index is 1620. The lowest BCUT2D eigenvalue weighted by molar-refractivity contribution is -0.117. The molecule has 0 aliphatic carbocycles. The van der Waals surface area contributed by atoms with Crippen molar-refractivity contribution >= 4 is 39.9 Å². The van der Waals surface area contributed by atoms with Gasteiger partial charge in [0.15, 0.2) is 23.0 Å². The van der Waals surface area contributed by atoms with E-state index in [0.29, 0.717) is 45.3 Å². The first kappa shape index (κ1) is 25.4. The van der Waals surface area contributed by atoms with Crippen molar-refractivity contribution in [2.75, 3.05) is 18.6 Å². The summed E-state index contributed by atoms with van der Waals surface area (Å²) in [6, 6.07) is 16.5. The van der Waals surface area contributed by atoms with Gasteiger partial charge in [-0.15, -0.1) is 0 Å². The van der Waals surface area contributed by atoms with Crippen molar-refractivity contribution in [1.29, 1.82) is 0 Å². The number of nitrogens with zero attached hydrogens (tertiary/aromatic N) is 1. The van der Waals surface area contributed by atoms with Crippen LogP contribution in [0.1, 0.15) is 40.2 Å². The minimum absolute atomic E-state index is 0.0111. The largest absolute Gasteiger partial charge is 0.503 e. The third-order valence-corrected chi connectivity index (χ3v) is 6.82. The molecule has 0 bridgehead atoms. The van der Waals surface area contributed by atoms with Crippen LogP contribution in [0.5, 0.6) is 11.5 Å². The summed E-state index contributed by atoms with van der Waals surface area (Å²) in [5.74, 6) is -0.961. The van der Waals surface area contributed by atoms with Crippen molar-refractivity contribution in [3.63, 3.8) is 0 Å². The number of rotatable bonds is 7. The first-order valence-electron chi connectivity index (χ1n) is 12.1. The molecule has 1 amide bonds. The normalized spacial score (nSPS) is 15.4. The summed E-state index contributed by atoms with van der Waals surface area (Å²) in [4.78, 5) is 29.0. The van der Waals surface area contributed by atoms with Gasteiger partial charge in [-0.2, -0.15) is 0 Å². The Hall–Kier alpha value is -4.23. The lowest BCUT2D eigenvalue weighted by Crippen LogP contribution is -2.31. The summed E-state index contributed by atoms with van der Waals surface area (Å²) in [6.45, 7) is 6.03. The van der Waals surface area contributed by atoms with Gasteiger partial charge in [0.2, 0.25) is 5.78 Å². The molecule has 5 rings (SSSR count). The molecule has 0 spiro atoms. The molecular formula is C30H26ClNO6. The molecule has 8 heteroatoms. The highest BCUT2D eigenvalue weighted by Crippen LogP contribution is 2.45. The summed E-state index contributed by atoms with van der Waals surface area (Å²) in [6.07, 6.45) is 0. The first-order chi connectivity index (χ1) is 18.2. The van der Waals surface area contributed by atoms with Crippen LogP contribution in [0.3, 0.4) is 0 Å². The van der Waals surface area contributed by atoms with Gasteiger partial charge >= 0.3 is 0 Å². The fourth-order valence-electron chi connectivity index (χ4n) is 4.77. The third kappa shape index (κ3) is 4.29. The minimum atomic E-state index is -0.947. The average Bonchev–Trinajstić information content (AvgIpc) is 3.43. The van der Waals surface area contributed by atoms with E-state index < -0.39 is 23.5 Å². The van der Waals surface area contributed by atoms with E-state index in [2.05, 4.69) is 0 Å². The third-order valence-electron chi connectivity index (χ3n) is 6.58. The maximum atomic E-state index is 13.9. The zero-order valence-electron chi connectivity index (χ0n) is 21.4. The van der Waals surface area contributed by atoms with Crippen LogP contribution in [0.2, 0.25) is 5.02 Å². The maximum absolute atomic E-state index is 13.9. The Morgan fingerprint density at radius 2 is 1.84 bits per heavy atom. The van der Waals surface area contributed by atoms with Crippen LogP contribution in [0.15, 0.2) is 76.4 Å². The predicted octanol–water partition coefficient (Wildman–Crippen LogP) is 6.89. The topological polar surface area (TPSA) is 89.2 Å². The van der Waals surface area contributed by atoms with Crippen molar-refractivity contribution < 1.29 is 28.6 Å². The van der Waals surface area contributed by atoms with E-state index in [-0.39, 0.29) is 11.3 Å². The molecule has 4 aromatic rings. The second-order valence-corrected chi connectivity index (χ2v) is 9.53. The smallest absolute Gasteiger partial charge is 0.294 e. The second-order valence-electron chi connectivity index (χ2n) is 9.10. The quantitative estimate of drug-likeness (QED) is 0.261. The number of ketones is 1. The van der Waals surface area contributed by atoms with Crippen molar-refractivity contribution in [2.24, 2.45) is 0 Å². The van der Waals surface area contributed by atoms with Gasteiger partial charge < -0.3 is 19.0 Å². The average molecular weight is 532 g/mol. The maximum Gasteiger partial charge on any atom is 0.294 e. The SMILES string of the molecule is CCOc1cc(C2C(C(=O)c3cc4cc(Cl)ccc4o3)=C(O)C(=O)N2c2cc(C)ccc2C)ccc1OC. The monoisotopic (exact) mass is 531 g/mol. The molecule has 0 saturated carbocycles. The summed E-state index contributed by atoms with van der Waals surface area (Å²) in [5, 5.41) is 12.3. The number of anilines is 1. The highest BCUT2D eigenvalue weighted by molar-refractivity contribution is 6.31. The van der Waals surface area contributed by atoms with Gasteiger partial charge in [-0.05, 0) is 79.9 Å². The van der Waals surface area contributed by atoms with Crippen molar-refractivity contribution in [2.45, 2.75) is 26.8 Å². The Labute approximate surface area is 224 Å². The van der Waals surface area contributed by atoms with Crippen molar-refractivity contribution in [1.82, 2.24) is 0 Å². The Balaban J connectivity index is 1.70. The number of carbonyl (C=O) groups excluding carboxylic acids is 2. The van der Waals surface area contributed by atoms with Gasteiger partial charge in [0.25, 0.3) is 5.91 Å². The number of furan rings is 1. The number of ether oxygens (including phenoxy) is 2. The number of aryl methyl sites for hydroxylation is 2. The zero-order chi connectivity index (χ0) is 27.1. The Morgan fingerprint density at radius 3 is 2.58 bits per heavy atom. The van der Waals surface area contributed by atoms with E-state index in [4.69, 9.17) is 25.5 Å². The molecule has 0 fully saturated rings. The van der Waals surface area contributed by atoms with E-state index in [1.54, 1.807) is 42.5 Å². The van der Waals surface area contributed by atoms with Crippen LogP contribution in [0.25, 0.3) is 11.0 Å². The van der Waals surface area contributed by atoms with Crippen molar-refractivity contribution in [3.8, 4) is 11.5 Å². The molecule has 1 aliphatic heterocycles. The number of halogens is 1. The highest BCUT2D eigenvalue weighted by atomic mass is 35.5. The number of fused-ring (bicyclic) bond motifs is 1. The van der Waals surface area contributed by atoms with E-state index in [1.807, 2.05) is 39.0 Å². The van der Waals surface area contributed by atoms with Gasteiger partial charge in [-0.3, -0.25) is 14.5 Å². The van der Waals surface area contributed by atoms with Crippen LogP contribution in [-0.2, 0) is 4.79 Å². The molecule has 194 valence electrons. The second kappa shape index (κ2) is 9.91. The van der Waals surface area contributed by atoms with Crippen LogP contribution >= 0.6 is 11.6 Å². The number of hydrogen-bond acceptors (Lipinski definition) is 6. The minimum Gasteiger partial charge on any atom is -0.503 e. The molecule has 1 atom stereocenters. The van der Waals surface area contributed by atoms with Gasteiger partial charge in [0, 0.05) is 16.1 Å². The summed E-state index contributed by atoms with van der Waals surface area (Å²) in [5.41, 5.74) is 3.26. The molecule has 1 aromatic heterocycles. The molecule has 7 nitrogen and oxygen atoms in total. The molecule has 1 unspecified atom stereocenters. The van der Waals surface area contributed by atoms with Gasteiger partial charge in [-0.25, -0.2) is 0 Å². The number of carbonyl (C=O) groups is 2. The summed E-state index contributed by atoms with van der Waals surface area (Å²) >= 11 is 6.11. The lowest BCUT2D eigenvalue weighted by Gasteiger charge is -2.29.